The highest BCUT2D eigenvalue weighted by atomic mass is 16.4. The number of carbonyl (C=O) groups excluding carboxylic acids is 3. The zero-order valence-electron chi connectivity index (χ0n) is 12.8. The molecule has 1 aliphatic rings. The van der Waals surface area contributed by atoms with Gasteiger partial charge in [0.15, 0.2) is 0 Å². The number of piperidine rings is 1. The second-order valence-electron chi connectivity index (χ2n) is 5.36. The molecule has 8 nitrogen and oxygen atoms in total. The van der Waals surface area contributed by atoms with Crippen LogP contribution in [0.3, 0.4) is 0 Å². The van der Waals surface area contributed by atoms with Gasteiger partial charge < -0.3 is 20.6 Å². The molecule has 1 unspecified atom stereocenters. The van der Waals surface area contributed by atoms with Crippen LogP contribution in [0, 0.1) is 0 Å². The number of amides is 3. The van der Waals surface area contributed by atoms with E-state index >= 15 is 0 Å². The maximum atomic E-state index is 12.2. The molecule has 124 valence electrons. The second kappa shape index (κ2) is 9.01. The molecule has 1 saturated heterocycles. The minimum atomic E-state index is -0.874. The minimum absolute atomic E-state index is 0.0311. The predicted octanol–water partition coefficient (Wildman–Crippen LogP) is -0.515. The van der Waals surface area contributed by atoms with Gasteiger partial charge in [-0.3, -0.25) is 19.2 Å². The van der Waals surface area contributed by atoms with Crippen LogP contribution >= 0.6 is 0 Å². The molecule has 0 saturated carbocycles. The van der Waals surface area contributed by atoms with E-state index in [0.29, 0.717) is 13.0 Å². The summed E-state index contributed by atoms with van der Waals surface area (Å²) >= 11 is 0. The maximum absolute atomic E-state index is 12.2. The number of aliphatic carboxylic acids is 1. The van der Waals surface area contributed by atoms with Crippen LogP contribution in [0.1, 0.15) is 39.0 Å². The highest BCUT2D eigenvalue weighted by molar-refractivity contribution is 5.87. The van der Waals surface area contributed by atoms with Crippen LogP contribution < -0.4 is 10.6 Å². The lowest BCUT2D eigenvalue weighted by Crippen LogP contribution is -2.49. The van der Waals surface area contributed by atoms with Gasteiger partial charge in [0, 0.05) is 25.9 Å². The van der Waals surface area contributed by atoms with Crippen LogP contribution in [-0.2, 0) is 19.2 Å². The van der Waals surface area contributed by atoms with Gasteiger partial charge in [-0.1, -0.05) is 0 Å². The average Bonchev–Trinajstić information content (AvgIpc) is 2.48. The molecule has 0 radical (unpaired) electrons. The first-order chi connectivity index (χ1) is 10.4. The van der Waals surface area contributed by atoms with Crippen molar-refractivity contribution in [3.8, 4) is 0 Å². The number of hydrogen-bond acceptors (Lipinski definition) is 4. The van der Waals surface area contributed by atoms with Crippen LogP contribution in [0.2, 0.25) is 0 Å². The number of rotatable bonds is 7. The Morgan fingerprint density at radius 1 is 1.14 bits per heavy atom. The van der Waals surface area contributed by atoms with E-state index in [9.17, 15) is 19.2 Å². The van der Waals surface area contributed by atoms with Crippen molar-refractivity contribution in [3.63, 3.8) is 0 Å². The van der Waals surface area contributed by atoms with Crippen LogP contribution in [0.5, 0.6) is 0 Å². The summed E-state index contributed by atoms with van der Waals surface area (Å²) in [5.41, 5.74) is 0. The van der Waals surface area contributed by atoms with Gasteiger partial charge in [0.25, 0.3) is 0 Å². The summed E-state index contributed by atoms with van der Waals surface area (Å²) in [5.74, 6) is -1.83. The molecule has 0 aliphatic carbocycles. The molecule has 0 spiro atoms. The van der Waals surface area contributed by atoms with Crippen LogP contribution in [0.15, 0.2) is 0 Å². The monoisotopic (exact) mass is 313 g/mol. The Kier molecular flexibility index (Phi) is 7.34. The van der Waals surface area contributed by atoms with E-state index in [2.05, 4.69) is 10.6 Å². The Bertz CT molecular complexity index is 438. The van der Waals surface area contributed by atoms with E-state index in [-0.39, 0.29) is 37.4 Å². The number of hydrogen-bond donors (Lipinski definition) is 3. The third kappa shape index (κ3) is 6.55. The Morgan fingerprint density at radius 3 is 2.50 bits per heavy atom. The molecule has 1 fully saturated rings. The molecule has 0 aromatic rings. The van der Waals surface area contributed by atoms with Crippen molar-refractivity contribution in [3.05, 3.63) is 0 Å². The van der Waals surface area contributed by atoms with Gasteiger partial charge in [0.05, 0.1) is 13.1 Å². The van der Waals surface area contributed by atoms with E-state index < -0.39 is 11.9 Å². The molecule has 3 amide bonds. The molecule has 1 aliphatic heterocycles. The van der Waals surface area contributed by atoms with Gasteiger partial charge in [-0.25, -0.2) is 0 Å². The topological polar surface area (TPSA) is 116 Å². The van der Waals surface area contributed by atoms with Crippen molar-refractivity contribution in [1.82, 2.24) is 15.5 Å². The van der Waals surface area contributed by atoms with Gasteiger partial charge in [0.2, 0.25) is 17.7 Å². The molecule has 0 aromatic carbocycles. The van der Waals surface area contributed by atoms with Gasteiger partial charge in [-0.2, -0.15) is 0 Å². The summed E-state index contributed by atoms with van der Waals surface area (Å²) in [6.07, 6.45) is 3.11. The quantitative estimate of drug-likeness (QED) is 0.585. The van der Waals surface area contributed by atoms with Crippen LogP contribution in [-0.4, -0.2) is 59.4 Å². The maximum Gasteiger partial charge on any atom is 0.303 e. The number of carboxylic acids is 1. The minimum Gasteiger partial charge on any atom is -0.481 e. The van der Waals surface area contributed by atoms with Crippen LogP contribution in [0.4, 0.5) is 0 Å². The first kappa shape index (κ1) is 17.9. The Labute approximate surface area is 129 Å². The van der Waals surface area contributed by atoms with Crippen molar-refractivity contribution in [1.29, 1.82) is 0 Å². The molecule has 0 aromatic heterocycles. The SMILES string of the molecule is CC(=O)NCC(=O)NCC(=O)N1CCCCC1CCC(=O)O. The Hall–Kier alpha value is -2.12. The first-order valence-electron chi connectivity index (χ1n) is 7.42. The molecule has 1 rings (SSSR count). The van der Waals surface area contributed by atoms with E-state index in [1.807, 2.05) is 0 Å². The number of nitrogens with zero attached hydrogens (tertiary/aromatic N) is 1. The van der Waals surface area contributed by atoms with E-state index in [1.165, 1.54) is 6.92 Å². The fourth-order valence-electron chi connectivity index (χ4n) is 2.46. The lowest BCUT2D eigenvalue weighted by Gasteiger charge is -2.35. The molecule has 22 heavy (non-hydrogen) atoms. The highest BCUT2D eigenvalue weighted by Crippen LogP contribution is 2.20. The standard InChI is InChI=1S/C14H23N3O5/c1-10(18)15-8-12(19)16-9-13(20)17-7-3-2-4-11(17)5-6-14(21)22/h11H,2-9H2,1H3,(H,15,18)(H,16,19)(H,21,22). The fourth-order valence-corrected chi connectivity index (χ4v) is 2.46. The molecule has 0 bridgehead atoms. The Balaban J connectivity index is 2.41. The first-order valence-corrected chi connectivity index (χ1v) is 7.42. The van der Waals surface area contributed by atoms with Crippen molar-refractivity contribution in [2.24, 2.45) is 0 Å². The molecular formula is C14H23N3O5. The van der Waals surface area contributed by atoms with Crippen molar-refractivity contribution in [2.45, 2.75) is 45.1 Å². The van der Waals surface area contributed by atoms with Gasteiger partial charge in [-0.05, 0) is 25.7 Å². The van der Waals surface area contributed by atoms with Gasteiger partial charge in [-0.15, -0.1) is 0 Å². The third-order valence-corrected chi connectivity index (χ3v) is 3.57. The summed E-state index contributed by atoms with van der Waals surface area (Å²) in [6, 6.07) is -0.0791. The number of carbonyl (C=O) groups is 4. The van der Waals surface area contributed by atoms with E-state index in [0.717, 1.165) is 19.3 Å². The summed E-state index contributed by atoms with van der Waals surface area (Å²) in [4.78, 5) is 46.6. The van der Waals surface area contributed by atoms with Gasteiger partial charge in [0.1, 0.15) is 0 Å². The van der Waals surface area contributed by atoms with Gasteiger partial charge >= 0.3 is 5.97 Å². The molecule has 1 atom stereocenters. The summed E-state index contributed by atoms with van der Waals surface area (Å²) < 4.78 is 0. The fraction of sp³-hybridized carbons (Fsp3) is 0.714. The average molecular weight is 313 g/mol. The van der Waals surface area contributed by atoms with Crippen molar-refractivity contribution < 1.29 is 24.3 Å². The summed E-state index contributed by atoms with van der Waals surface area (Å²) in [5, 5.41) is 13.6. The summed E-state index contributed by atoms with van der Waals surface area (Å²) in [6.45, 7) is 1.59. The zero-order chi connectivity index (χ0) is 16.5. The van der Waals surface area contributed by atoms with E-state index in [4.69, 9.17) is 5.11 Å². The highest BCUT2D eigenvalue weighted by Gasteiger charge is 2.26. The second-order valence-corrected chi connectivity index (χ2v) is 5.36. The molecule has 3 N–H and O–H groups in total. The largest absolute Gasteiger partial charge is 0.481 e. The summed E-state index contributed by atoms with van der Waals surface area (Å²) in [7, 11) is 0. The molecule has 1 heterocycles. The lowest BCUT2D eigenvalue weighted by atomic mass is 9.98. The third-order valence-electron chi connectivity index (χ3n) is 3.57. The lowest BCUT2D eigenvalue weighted by molar-refractivity contribution is -0.140. The van der Waals surface area contributed by atoms with Crippen LogP contribution in [0.25, 0.3) is 0 Å². The molecule has 8 heteroatoms. The smallest absolute Gasteiger partial charge is 0.303 e. The van der Waals surface area contributed by atoms with Crippen molar-refractivity contribution >= 4 is 23.7 Å². The number of nitrogens with one attached hydrogen (secondary N) is 2. The molecular weight excluding hydrogens is 290 g/mol. The van der Waals surface area contributed by atoms with Crippen molar-refractivity contribution in [2.75, 3.05) is 19.6 Å². The zero-order valence-corrected chi connectivity index (χ0v) is 12.8. The van der Waals surface area contributed by atoms with E-state index in [1.54, 1.807) is 4.90 Å². The predicted molar refractivity (Wildman–Crippen MR) is 77.9 cm³/mol. The number of likely N-dealkylation sites (tertiary alicyclic amines) is 1. The number of carboxylic acid groups (broad SMARTS) is 1. The Morgan fingerprint density at radius 2 is 1.86 bits per heavy atom. The normalized spacial score (nSPS) is 17.7.